The van der Waals surface area contributed by atoms with Crippen LogP contribution in [0.15, 0.2) is 239 Å². The molecule has 4 fully saturated rings. The van der Waals surface area contributed by atoms with E-state index in [9.17, 15) is 57.8 Å². The molecule has 0 aromatic heterocycles. The van der Waals surface area contributed by atoms with Crippen LogP contribution in [0.5, 0.6) is 11.5 Å². The van der Waals surface area contributed by atoms with E-state index in [1.54, 1.807) is 142 Å². The average molecular weight is 1850 g/mol. The topological polar surface area (TPSA) is 415 Å². The van der Waals surface area contributed by atoms with Crippen molar-refractivity contribution in [2.45, 2.75) is 108 Å². The smallest absolute Gasteiger partial charge is 0.338 e. The van der Waals surface area contributed by atoms with Gasteiger partial charge in [-0.2, -0.15) is 0 Å². The van der Waals surface area contributed by atoms with Gasteiger partial charge in [0.1, 0.15) is 17.8 Å². The Labute approximate surface area is 757 Å². The Morgan fingerprint density at radius 1 is 0.500 bits per heavy atom. The van der Waals surface area contributed by atoms with Gasteiger partial charge in [-0.05, 0) is 152 Å². The molecule has 0 aliphatic carbocycles. The number of carboxylic acids is 3. The van der Waals surface area contributed by atoms with Gasteiger partial charge < -0.3 is 71.5 Å². The van der Waals surface area contributed by atoms with Crippen molar-refractivity contribution >= 4 is 174 Å². The molecule has 4 saturated heterocycles. The molecule has 5 aliphatic heterocycles. The number of esters is 4. The highest BCUT2D eigenvalue weighted by Crippen LogP contribution is 2.51. The second-order valence-corrected chi connectivity index (χ2v) is 32.5. The van der Waals surface area contributed by atoms with Crippen LogP contribution in [0.2, 0.25) is 25.1 Å². The second kappa shape index (κ2) is 51.8. The minimum Gasteiger partial charge on any atom is -0.497 e. The zero-order chi connectivity index (χ0) is 90.0. The van der Waals surface area contributed by atoms with Crippen molar-refractivity contribution in [2.75, 3.05) is 28.4 Å². The molecular weight excluding hydrogens is 1760 g/mol. The first-order valence-corrected chi connectivity index (χ1v) is 40.7. The number of thioether (sulfide) groups is 2. The zero-order valence-electron chi connectivity index (χ0n) is 68.1. The van der Waals surface area contributed by atoms with Crippen molar-refractivity contribution in [2.24, 2.45) is 11.8 Å². The predicted octanol–water partition coefficient (Wildman–Crippen LogP) is 16.2. The van der Waals surface area contributed by atoms with Crippen LogP contribution in [0, 0.1) is 32.6 Å². The number of carbonyl (C=O) groups excluding carboxylic acids is 9. The fourth-order valence-corrected chi connectivity index (χ4v) is 16.0. The first kappa shape index (κ1) is 105. The van der Waals surface area contributed by atoms with E-state index in [1.165, 1.54) is 43.3 Å². The van der Waals surface area contributed by atoms with Gasteiger partial charge in [-0.15, -0.1) is 36.2 Å². The molecule has 35 heteroatoms. The number of methoxy groups -OCH3 is 4. The van der Waals surface area contributed by atoms with Crippen LogP contribution in [0.4, 0.5) is 0 Å². The van der Waals surface area contributed by atoms with Gasteiger partial charge in [-0.25, -0.2) is 9.59 Å². The Morgan fingerprint density at radius 3 is 1.24 bits per heavy atom. The molecule has 4 amide bonds. The molecule has 653 valence electrons. The molecule has 9 aromatic carbocycles. The number of ether oxygens (including phenoxy) is 5. The Kier molecular flexibility index (Phi) is 44.0. The first-order chi connectivity index (χ1) is 58.0. The lowest BCUT2D eigenvalue weighted by Crippen LogP contribution is -2.41. The van der Waals surface area contributed by atoms with Crippen molar-refractivity contribution in [3.05, 3.63) is 300 Å². The molecule has 26 nitrogen and oxygen atoms in total. The molecule has 4 unspecified atom stereocenters. The fraction of sp³-hybridized carbons (Fsp3) is 0.236. The third-order valence-electron chi connectivity index (χ3n) is 18.0. The SMILES string of the molecule is CC(=O)O.COC(=O)C1CC(=O)NC1c1cccc(Cl)c1.COC(=O)[C@@]1(Sc2ccc(C)cc2)CC(=O)N[C@@H]1c1cccc(Cl)c1.COc1ccc(CO)c(OC)c1.Cc1ccc(S)cc1.Cc1ccc(S[C@]2(C(=O)O)CC(=O)NC2c2cccc(Cl)c2)cc1.N.O=C1C=CC(=O)O1.O=C1C[C@H](C(=O)O)C(c2cccc(Cl)c2)N1.O=Cc1cccc(Cl)c1.[B]. The van der Waals surface area contributed by atoms with Crippen LogP contribution >= 0.6 is 94.2 Å². The van der Waals surface area contributed by atoms with Crippen LogP contribution in [-0.2, 0) is 73.6 Å². The van der Waals surface area contributed by atoms with E-state index in [0.29, 0.717) is 42.0 Å². The summed E-state index contributed by atoms with van der Waals surface area (Å²) in [4.78, 5) is 136. The third kappa shape index (κ3) is 32.5. The number of aryl methyl sites for hydroxylation is 3. The number of aliphatic hydroxyl groups excluding tert-OH is 1. The van der Waals surface area contributed by atoms with Crippen LogP contribution in [0.1, 0.15) is 112 Å². The first-order valence-electron chi connectivity index (χ1n) is 36.7. The molecule has 0 spiro atoms. The van der Waals surface area contributed by atoms with Crippen molar-refractivity contribution < 1.29 is 102 Å². The van der Waals surface area contributed by atoms with Gasteiger partial charge >= 0.3 is 35.8 Å². The lowest BCUT2D eigenvalue weighted by molar-refractivity contribution is -0.150. The summed E-state index contributed by atoms with van der Waals surface area (Å²) in [6.07, 6.45) is 3.08. The maximum absolute atomic E-state index is 12.8. The van der Waals surface area contributed by atoms with Crippen molar-refractivity contribution in [1.29, 1.82) is 0 Å². The van der Waals surface area contributed by atoms with E-state index >= 15 is 0 Å². The summed E-state index contributed by atoms with van der Waals surface area (Å²) in [5, 5.41) is 49.2. The van der Waals surface area contributed by atoms with Gasteiger partial charge in [-0.1, -0.05) is 172 Å². The lowest BCUT2D eigenvalue weighted by Gasteiger charge is -2.31. The number of hydrogen-bond acceptors (Lipinski definition) is 22. The summed E-state index contributed by atoms with van der Waals surface area (Å²) in [6, 6.07) is 61.8. The van der Waals surface area contributed by atoms with Gasteiger partial charge in [0.25, 0.3) is 5.97 Å². The number of thiol groups is 1. The number of hydrogen-bond donors (Lipinski definition) is 10. The van der Waals surface area contributed by atoms with Gasteiger partial charge in [0, 0.05) is 97.3 Å². The molecule has 0 saturated carbocycles. The van der Waals surface area contributed by atoms with Crippen LogP contribution in [0.25, 0.3) is 0 Å². The fourth-order valence-electron chi connectivity index (χ4n) is 12.2. The van der Waals surface area contributed by atoms with Crippen LogP contribution in [0.3, 0.4) is 0 Å². The van der Waals surface area contributed by atoms with E-state index in [4.69, 9.17) is 97.1 Å². The number of aliphatic hydroxyl groups is 1. The monoisotopic (exact) mass is 1850 g/mol. The summed E-state index contributed by atoms with van der Waals surface area (Å²) < 4.78 is 21.4. The number of amides is 4. The number of halogens is 5. The summed E-state index contributed by atoms with van der Waals surface area (Å²) in [6.45, 7) is 7.09. The predicted molar refractivity (Wildman–Crippen MR) is 479 cm³/mol. The van der Waals surface area contributed by atoms with Gasteiger partial charge in [-0.3, -0.25) is 47.9 Å². The number of rotatable bonds is 16. The quantitative estimate of drug-likeness (QED) is 0.0107. The molecule has 3 radical (unpaired) electrons. The lowest BCUT2D eigenvalue weighted by atomic mass is 9.93. The molecule has 0 bridgehead atoms. The number of aliphatic carboxylic acids is 3. The largest absolute Gasteiger partial charge is 0.497 e. The van der Waals surface area contributed by atoms with Gasteiger partial charge in [0.05, 0.1) is 83.9 Å². The molecule has 9 aromatic rings. The van der Waals surface area contributed by atoms with Gasteiger partial charge in [0.15, 0.2) is 9.49 Å². The number of aldehydes is 1. The second-order valence-electron chi connectivity index (χ2n) is 27.0. The highest BCUT2D eigenvalue weighted by molar-refractivity contribution is 8.01. The van der Waals surface area contributed by atoms with E-state index < -0.39 is 75.3 Å². The number of cyclic esters (lactones) is 2. The molecular formula is C89H90BCl5N5O21S3. The average Bonchev–Trinajstić information content (AvgIpc) is 1.61. The van der Waals surface area contributed by atoms with Crippen molar-refractivity contribution in [3.8, 4) is 11.5 Å². The van der Waals surface area contributed by atoms with E-state index in [0.717, 1.165) is 79.2 Å². The van der Waals surface area contributed by atoms with Gasteiger partial charge in [0.2, 0.25) is 23.6 Å². The standard InChI is InChI=1S/C19H18ClNO3S.C18H16ClNO3S.C12H12ClNO3.C11H10ClNO3.C9H12O3.C7H5ClO.C7H8S.C4H2O3.C2H4O2.B.H3N/c1-12-6-8-15(9-7-12)25-19(18(23)24-2)11-16(22)21-17(19)13-4-3-5-14(20)10-13;1-11-5-7-14(8-6-11)24-18(17(22)23)10-15(21)20-16(18)12-3-2-4-13(19)9-12;1-17-12(16)9-6-10(15)14-11(9)7-3-2-4-8(13)5-7;12-7-3-1-2-6(4-7)10-8(11(15)16)5-9(14)13-10;1-11-8-4-3-7(6-10)9(5-8)12-2;8-7-3-1-2-6(4-7)5-9;1-6-2-4-7(8)5-3-6;5-3-1-2-4(6)7-3;1-2(3)4;;/h3-10,17H,11H2,1-2H3,(H,21,22);2-9,16H,10H2,1H3,(H,20,21)(H,22,23);2-5,9,11H,6H2,1H3,(H,14,15);1-4,8,10H,5H2,(H,13,14)(H,15,16);3-5,10H,6H2,1-2H3;1-5H;2-5,8H,1H3;1-2H;1H3,(H,3,4);;1H3/t17-,19-;16?,18-;;8-,10?;;;;;;;/m11.0......./s1. The Bertz CT molecular complexity index is 5180. The molecule has 124 heavy (non-hydrogen) atoms. The van der Waals surface area contributed by atoms with Crippen LogP contribution < -0.4 is 36.9 Å². The Morgan fingerprint density at radius 2 is 0.887 bits per heavy atom. The van der Waals surface area contributed by atoms with Crippen molar-refractivity contribution in [3.63, 3.8) is 0 Å². The van der Waals surface area contributed by atoms with Crippen LogP contribution in [-0.4, -0.2) is 138 Å². The van der Waals surface area contributed by atoms with E-state index in [2.05, 4.69) is 45.6 Å². The number of benzene rings is 9. The summed E-state index contributed by atoms with van der Waals surface area (Å²) >= 11 is 36.1. The Balaban J connectivity index is 0.000000304. The number of carboxylic acid groups (broad SMARTS) is 3. The summed E-state index contributed by atoms with van der Waals surface area (Å²) in [7, 11) is 5.82. The molecule has 11 N–H and O–H groups in total. The maximum Gasteiger partial charge on any atom is 0.338 e. The van der Waals surface area contributed by atoms with Crippen molar-refractivity contribution in [1.82, 2.24) is 27.4 Å². The third-order valence-corrected chi connectivity index (χ3v) is 22.3. The molecule has 5 aliphatic rings. The Hall–Kier alpha value is -11.2. The van der Waals surface area contributed by atoms with E-state index in [-0.39, 0.29) is 82.5 Å². The maximum atomic E-state index is 12.8. The normalized spacial score (nSPS) is 18.7. The molecule has 14 rings (SSSR count). The summed E-state index contributed by atoms with van der Waals surface area (Å²) in [5.74, 6) is -5.46. The highest BCUT2D eigenvalue weighted by Gasteiger charge is 2.56. The summed E-state index contributed by atoms with van der Waals surface area (Å²) in [5.41, 5.74) is 7.89. The zero-order valence-corrected chi connectivity index (χ0v) is 74.4. The number of nitrogens with one attached hydrogen (secondary N) is 4. The minimum absolute atomic E-state index is 0. The highest BCUT2D eigenvalue weighted by atomic mass is 35.5. The molecule has 8 atom stereocenters. The van der Waals surface area contributed by atoms with E-state index in [1.807, 2.05) is 98.8 Å². The number of carbonyl (C=O) groups is 12. The minimum atomic E-state index is -1.31. The molecule has 5 heterocycles.